The molecule has 1 aromatic rings. The second-order valence-corrected chi connectivity index (χ2v) is 5.51. The molecule has 0 aromatic carbocycles. The molecule has 1 saturated carbocycles. The lowest BCUT2D eigenvalue weighted by Gasteiger charge is -2.52. The van der Waals surface area contributed by atoms with Gasteiger partial charge < -0.3 is 15.8 Å². The van der Waals surface area contributed by atoms with Gasteiger partial charge in [0.25, 0.3) is 0 Å². The van der Waals surface area contributed by atoms with Gasteiger partial charge in [-0.05, 0) is 12.8 Å². The summed E-state index contributed by atoms with van der Waals surface area (Å²) in [7, 11) is 0. The number of hydrogen-bond donors (Lipinski definition) is 2. The van der Waals surface area contributed by atoms with Gasteiger partial charge >= 0.3 is 0 Å². The number of ether oxygens (including phenoxy) is 1. The molecule has 1 aromatic heterocycles. The summed E-state index contributed by atoms with van der Waals surface area (Å²) >= 11 is 11.8. The molecule has 1 aliphatic carbocycles. The van der Waals surface area contributed by atoms with Crippen LogP contribution in [0, 0.1) is 5.92 Å². The van der Waals surface area contributed by atoms with E-state index in [-0.39, 0.29) is 18.2 Å². The first-order chi connectivity index (χ1) is 8.66. The summed E-state index contributed by atoms with van der Waals surface area (Å²) in [5.41, 5.74) is 6.82. The molecule has 0 bridgehead atoms. The van der Waals surface area contributed by atoms with Crippen molar-refractivity contribution in [1.82, 2.24) is 10.2 Å². The summed E-state index contributed by atoms with van der Waals surface area (Å²) in [6.07, 6.45) is 2.38. The van der Waals surface area contributed by atoms with Crippen molar-refractivity contribution in [1.29, 1.82) is 0 Å². The molecule has 2 fully saturated rings. The van der Waals surface area contributed by atoms with Gasteiger partial charge in [-0.3, -0.25) is 0 Å². The second kappa shape index (κ2) is 4.81. The van der Waals surface area contributed by atoms with Crippen LogP contribution in [0.15, 0.2) is 6.07 Å². The van der Waals surface area contributed by atoms with E-state index in [1.807, 2.05) is 0 Å². The molecule has 4 unspecified atom stereocenters. The minimum Gasteiger partial charge on any atom is -0.376 e. The molecule has 0 radical (unpaired) electrons. The maximum absolute atomic E-state index is 6.16. The molecular weight excluding hydrogens is 275 g/mol. The van der Waals surface area contributed by atoms with Crippen LogP contribution in [-0.4, -0.2) is 35.0 Å². The van der Waals surface area contributed by atoms with Gasteiger partial charge in [0.1, 0.15) is 0 Å². The lowest BCUT2D eigenvalue weighted by Crippen LogP contribution is -2.69. The van der Waals surface area contributed by atoms with Crippen molar-refractivity contribution in [2.24, 2.45) is 11.7 Å². The average molecular weight is 289 g/mol. The van der Waals surface area contributed by atoms with Crippen LogP contribution in [0.1, 0.15) is 12.8 Å². The van der Waals surface area contributed by atoms with Crippen LogP contribution >= 0.6 is 23.2 Å². The van der Waals surface area contributed by atoms with Gasteiger partial charge in [-0.25, -0.2) is 0 Å². The standard InChI is InChI=1S/C11H14Cl2N4O/c12-7-4-6(11(13)17-16-7)15-9-8(14)5-2-1-3-18-10(5)9/h4-5,8-10H,1-3,14H2,(H,15,16). The van der Waals surface area contributed by atoms with E-state index in [0.29, 0.717) is 21.9 Å². The van der Waals surface area contributed by atoms with Crippen molar-refractivity contribution in [3.63, 3.8) is 0 Å². The molecule has 0 spiro atoms. The van der Waals surface area contributed by atoms with Crippen LogP contribution in [0.2, 0.25) is 10.3 Å². The zero-order chi connectivity index (χ0) is 12.7. The molecule has 0 amide bonds. The first-order valence-corrected chi connectivity index (χ1v) is 6.75. The summed E-state index contributed by atoms with van der Waals surface area (Å²) < 4.78 is 5.75. The van der Waals surface area contributed by atoms with Gasteiger partial charge in [0.2, 0.25) is 0 Å². The Morgan fingerprint density at radius 1 is 1.39 bits per heavy atom. The van der Waals surface area contributed by atoms with E-state index in [1.54, 1.807) is 6.07 Å². The molecule has 1 aliphatic heterocycles. The van der Waals surface area contributed by atoms with Gasteiger partial charge in [-0.15, -0.1) is 10.2 Å². The van der Waals surface area contributed by atoms with E-state index in [1.165, 1.54) is 0 Å². The third-order valence-corrected chi connectivity index (χ3v) is 4.18. The molecule has 5 nitrogen and oxygen atoms in total. The smallest absolute Gasteiger partial charge is 0.174 e. The highest BCUT2D eigenvalue weighted by Crippen LogP contribution is 2.39. The highest BCUT2D eigenvalue weighted by Gasteiger charge is 2.50. The predicted octanol–water partition coefficient (Wildman–Crippen LogP) is 1.70. The quantitative estimate of drug-likeness (QED) is 0.867. The lowest BCUT2D eigenvalue weighted by atomic mass is 9.68. The summed E-state index contributed by atoms with van der Waals surface area (Å²) in [5, 5.41) is 11.3. The number of nitrogens with two attached hydrogens (primary N) is 1. The van der Waals surface area contributed by atoms with Gasteiger partial charge in [-0.2, -0.15) is 0 Å². The van der Waals surface area contributed by atoms with Gasteiger partial charge in [0.15, 0.2) is 10.3 Å². The fourth-order valence-electron chi connectivity index (χ4n) is 2.76. The number of hydrogen-bond acceptors (Lipinski definition) is 5. The van der Waals surface area contributed by atoms with Crippen molar-refractivity contribution in [3.05, 3.63) is 16.4 Å². The maximum atomic E-state index is 6.16. The maximum Gasteiger partial charge on any atom is 0.174 e. The van der Waals surface area contributed by atoms with E-state index >= 15 is 0 Å². The Morgan fingerprint density at radius 2 is 2.22 bits per heavy atom. The third kappa shape index (κ3) is 2.05. The third-order valence-electron chi connectivity index (χ3n) is 3.72. The van der Waals surface area contributed by atoms with Crippen LogP contribution in [0.3, 0.4) is 0 Å². The molecule has 98 valence electrons. The minimum atomic E-state index is 0.0630. The van der Waals surface area contributed by atoms with Crippen LogP contribution in [0.4, 0.5) is 5.69 Å². The molecule has 4 atom stereocenters. The molecule has 7 heteroatoms. The molecule has 3 rings (SSSR count). The molecule has 1 saturated heterocycles. The number of nitrogens with zero attached hydrogens (tertiary/aromatic N) is 2. The second-order valence-electron chi connectivity index (χ2n) is 4.76. The summed E-state index contributed by atoms with van der Waals surface area (Å²) in [6.45, 7) is 0.801. The highest BCUT2D eigenvalue weighted by molar-refractivity contribution is 6.33. The Bertz CT molecular complexity index is 459. The zero-order valence-corrected chi connectivity index (χ0v) is 11.2. The molecule has 18 heavy (non-hydrogen) atoms. The number of nitrogens with one attached hydrogen (secondary N) is 1. The first-order valence-electron chi connectivity index (χ1n) is 5.99. The van der Waals surface area contributed by atoms with E-state index in [4.69, 9.17) is 33.7 Å². The normalized spacial score (nSPS) is 34.6. The van der Waals surface area contributed by atoms with Crippen molar-refractivity contribution in [2.45, 2.75) is 31.0 Å². The molecule has 2 heterocycles. The van der Waals surface area contributed by atoms with Gasteiger partial charge in [0, 0.05) is 24.6 Å². The van der Waals surface area contributed by atoms with Crippen molar-refractivity contribution < 1.29 is 4.74 Å². The van der Waals surface area contributed by atoms with Crippen LogP contribution in [-0.2, 0) is 4.74 Å². The number of anilines is 1. The first kappa shape index (κ1) is 12.4. The van der Waals surface area contributed by atoms with Crippen LogP contribution in [0.5, 0.6) is 0 Å². The number of halogens is 2. The Kier molecular flexibility index (Phi) is 3.32. The number of fused-ring (bicyclic) bond motifs is 1. The average Bonchev–Trinajstić information content (AvgIpc) is 2.39. The SMILES string of the molecule is NC1C2CCCOC2C1Nc1cc(Cl)nnc1Cl. The predicted molar refractivity (Wildman–Crippen MR) is 69.9 cm³/mol. The Balaban J connectivity index is 1.74. The van der Waals surface area contributed by atoms with Gasteiger partial charge in [0.05, 0.1) is 17.8 Å². The van der Waals surface area contributed by atoms with Crippen LogP contribution in [0.25, 0.3) is 0 Å². The largest absolute Gasteiger partial charge is 0.376 e. The fourth-order valence-corrected chi connectivity index (χ4v) is 3.05. The highest BCUT2D eigenvalue weighted by atomic mass is 35.5. The van der Waals surface area contributed by atoms with E-state index < -0.39 is 0 Å². The summed E-state index contributed by atoms with van der Waals surface area (Å²) in [4.78, 5) is 0. The lowest BCUT2D eigenvalue weighted by molar-refractivity contribution is -0.104. The van der Waals surface area contributed by atoms with Crippen molar-refractivity contribution in [3.8, 4) is 0 Å². The van der Waals surface area contributed by atoms with Crippen molar-refractivity contribution in [2.75, 3.05) is 11.9 Å². The molecule has 3 N–H and O–H groups in total. The minimum absolute atomic E-state index is 0.0630. The fraction of sp³-hybridized carbons (Fsp3) is 0.636. The zero-order valence-electron chi connectivity index (χ0n) is 9.64. The number of aromatic nitrogens is 2. The van der Waals surface area contributed by atoms with E-state index in [0.717, 1.165) is 19.4 Å². The van der Waals surface area contributed by atoms with Crippen LogP contribution < -0.4 is 11.1 Å². The topological polar surface area (TPSA) is 73.1 Å². The summed E-state index contributed by atoms with van der Waals surface area (Å²) in [5.74, 6) is 0.445. The van der Waals surface area contributed by atoms with Gasteiger partial charge in [-0.1, -0.05) is 23.2 Å². The van der Waals surface area contributed by atoms with Crippen molar-refractivity contribution >= 4 is 28.9 Å². The summed E-state index contributed by atoms with van der Waals surface area (Å²) in [6, 6.07) is 1.80. The molecular formula is C11H14Cl2N4O. The number of rotatable bonds is 2. The Morgan fingerprint density at radius 3 is 3.06 bits per heavy atom. The Hall–Kier alpha value is -0.620. The monoisotopic (exact) mass is 288 g/mol. The van der Waals surface area contributed by atoms with E-state index in [2.05, 4.69) is 15.5 Å². The Labute approximate surface area is 115 Å². The van der Waals surface area contributed by atoms with E-state index in [9.17, 15) is 0 Å². The molecule has 2 aliphatic rings.